The highest BCUT2D eigenvalue weighted by Gasteiger charge is 2.09. The zero-order valence-corrected chi connectivity index (χ0v) is 9.38. The molecule has 0 atom stereocenters. The van der Waals surface area contributed by atoms with Gasteiger partial charge in [0.15, 0.2) is 5.65 Å². The van der Waals surface area contributed by atoms with Crippen molar-refractivity contribution in [2.45, 2.75) is 6.92 Å². The number of nitrogens with zero attached hydrogens (tertiary/aromatic N) is 3. The molecule has 2 aromatic heterocycles. The van der Waals surface area contributed by atoms with Crippen LogP contribution in [0.1, 0.15) is 5.69 Å². The van der Waals surface area contributed by atoms with E-state index in [0.29, 0.717) is 5.75 Å². The molecule has 0 aliphatic carbocycles. The van der Waals surface area contributed by atoms with E-state index >= 15 is 0 Å². The van der Waals surface area contributed by atoms with Crippen LogP contribution in [0, 0.1) is 6.92 Å². The van der Waals surface area contributed by atoms with Gasteiger partial charge in [-0.3, -0.25) is 9.38 Å². The first kappa shape index (κ1) is 9.84. The van der Waals surface area contributed by atoms with Crippen LogP contribution in [0.25, 0.3) is 16.9 Å². The first-order valence-corrected chi connectivity index (χ1v) is 5.36. The van der Waals surface area contributed by atoms with E-state index in [-0.39, 0.29) is 0 Å². The summed E-state index contributed by atoms with van der Waals surface area (Å²) >= 11 is 0. The molecule has 0 amide bonds. The predicted molar refractivity (Wildman–Crippen MR) is 66.2 cm³/mol. The molecule has 4 nitrogen and oxygen atoms in total. The summed E-state index contributed by atoms with van der Waals surface area (Å²) in [7, 11) is 0. The summed E-state index contributed by atoms with van der Waals surface area (Å²) in [5.74, 6) is 0.511. The zero-order valence-electron chi connectivity index (χ0n) is 9.38. The Morgan fingerprint density at radius 2 is 1.88 bits per heavy atom. The molecular formula is C13H12N3O+. The topological polar surface area (TPSA) is 53.1 Å². The molecule has 2 N–H and O–H groups in total. The molecule has 1 aromatic carbocycles. The molecule has 0 unspecified atom stereocenters. The average molecular weight is 226 g/mol. The number of aromatic nitrogens is 3. The van der Waals surface area contributed by atoms with Crippen LogP contribution < -0.4 is 0 Å². The Hall–Kier alpha value is -2.36. The molecule has 0 radical (unpaired) electrons. The fourth-order valence-electron chi connectivity index (χ4n) is 1.97. The summed E-state index contributed by atoms with van der Waals surface area (Å²) in [5, 5.41) is 7.51. The first-order chi connectivity index (χ1) is 8.25. The lowest BCUT2D eigenvalue weighted by molar-refractivity contribution is 0.475. The van der Waals surface area contributed by atoms with E-state index in [9.17, 15) is 0 Å². The van der Waals surface area contributed by atoms with Crippen LogP contribution in [0.5, 0.6) is 5.75 Å². The van der Waals surface area contributed by atoms with Crippen molar-refractivity contribution in [3.8, 4) is 17.0 Å². The molecule has 4 heteroatoms. The molecule has 17 heavy (non-hydrogen) atoms. The molecule has 0 fully saturated rings. The van der Waals surface area contributed by atoms with Gasteiger partial charge in [0.05, 0.1) is 17.6 Å². The van der Waals surface area contributed by atoms with Crippen molar-refractivity contribution in [2.75, 3.05) is 0 Å². The largest absolute Gasteiger partial charge is 0.593 e. The number of hydrogen-bond donors (Lipinski definition) is 0. The van der Waals surface area contributed by atoms with E-state index in [1.165, 1.54) is 0 Å². The van der Waals surface area contributed by atoms with Gasteiger partial charge < -0.3 is 5.11 Å². The van der Waals surface area contributed by atoms with E-state index < -0.39 is 0 Å². The van der Waals surface area contributed by atoms with Crippen molar-refractivity contribution in [1.29, 1.82) is 0 Å². The second kappa shape index (κ2) is 3.59. The number of fused-ring (bicyclic) bond motifs is 1. The summed E-state index contributed by atoms with van der Waals surface area (Å²) in [5.41, 5.74) is 3.86. The lowest BCUT2D eigenvalue weighted by atomic mass is 10.1. The molecule has 3 rings (SSSR count). The third-order valence-corrected chi connectivity index (χ3v) is 2.78. The maximum absolute atomic E-state index is 7.51. The molecule has 2 heterocycles. The van der Waals surface area contributed by atoms with Crippen molar-refractivity contribution in [2.24, 2.45) is 0 Å². The Balaban J connectivity index is 2.31. The van der Waals surface area contributed by atoms with Gasteiger partial charge in [0.1, 0.15) is 0 Å². The summed E-state index contributed by atoms with van der Waals surface area (Å²) in [6, 6.07) is 7.44. The van der Waals surface area contributed by atoms with Crippen molar-refractivity contribution < 1.29 is 5.11 Å². The quantitative estimate of drug-likeness (QED) is 0.597. The van der Waals surface area contributed by atoms with E-state index in [4.69, 9.17) is 5.11 Å². The summed E-state index contributed by atoms with van der Waals surface area (Å²) in [4.78, 5) is 8.58. The number of rotatable bonds is 1. The van der Waals surface area contributed by atoms with Crippen molar-refractivity contribution in [3.63, 3.8) is 0 Å². The van der Waals surface area contributed by atoms with E-state index in [1.54, 1.807) is 24.5 Å². The fourth-order valence-corrected chi connectivity index (χ4v) is 1.97. The van der Waals surface area contributed by atoms with Gasteiger partial charge in [-0.2, -0.15) is 0 Å². The van der Waals surface area contributed by atoms with Crippen LogP contribution in [0.2, 0.25) is 0 Å². The van der Waals surface area contributed by atoms with Crippen molar-refractivity contribution in [1.82, 2.24) is 14.4 Å². The van der Waals surface area contributed by atoms with Gasteiger partial charge in [0.25, 0.3) is 5.75 Å². The maximum Gasteiger partial charge on any atom is 0.253 e. The Morgan fingerprint density at radius 1 is 1.12 bits per heavy atom. The van der Waals surface area contributed by atoms with Crippen molar-refractivity contribution in [3.05, 3.63) is 48.5 Å². The summed E-state index contributed by atoms with van der Waals surface area (Å²) < 4.78 is 2.02. The third kappa shape index (κ3) is 1.54. The van der Waals surface area contributed by atoms with Crippen LogP contribution >= 0.6 is 0 Å². The average Bonchev–Trinajstić information content (AvgIpc) is 2.79. The van der Waals surface area contributed by atoms with Crippen LogP contribution in [0.15, 0.2) is 42.9 Å². The van der Waals surface area contributed by atoms with Crippen LogP contribution in [-0.2, 0) is 0 Å². The number of imidazole rings is 1. The van der Waals surface area contributed by atoms with Gasteiger partial charge in [-0.15, -0.1) is 0 Å². The third-order valence-electron chi connectivity index (χ3n) is 2.78. The molecule has 0 aliphatic rings. The first-order valence-electron chi connectivity index (χ1n) is 5.36. The van der Waals surface area contributed by atoms with Gasteiger partial charge in [-0.05, 0) is 19.1 Å². The highest BCUT2D eigenvalue weighted by molar-refractivity contribution is 5.65. The normalized spacial score (nSPS) is 10.9. The highest BCUT2D eigenvalue weighted by Crippen LogP contribution is 2.24. The molecule has 0 aliphatic heterocycles. The number of aryl methyl sites for hydroxylation is 1. The minimum atomic E-state index is 0.511. The lowest BCUT2D eigenvalue weighted by Gasteiger charge is -2.08. The SMILES string of the molecule is Cc1ncc2nccn2c1-c1ccc([OH2+])cc1. The van der Waals surface area contributed by atoms with E-state index in [2.05, 4.69) is 9.97 Å². The second-order valence-corrected chi connectivity index (χ2v) is 3.93. The number of hydrogen-bond acceptors (Lipinski definition) is 2. The number of benzene rings is 1. The standard InChI is InChI=1S/C13H11N3O/c1-9-13(10-2-4-11(17)5-3-10)16-7-6-14-12(16)8-15-9/h2-8,17H,1H3/p+1. The van der Waals surface area contributed by atoms with Gasteiger partial charge in [-0.25, -0.2) is 4.98 Å². The molecule has 3 aromatic rings. The van der Waals surface area contributed by atoms with Crippen molar-refractivity contribution >= 4 is 5.65 Å². The van der Waals surface area contributed by atoms with Gasteiger partial charge in [-0.1, -0.05) is 0 Å². The molecule has 0 spiro atoms. The Bertz CT molecular complexity index is 671. The summed E-state index contributed by atoms with van der Waals surface area (Å²) in [6.07, 6.45) is 5.45. The smallest absolute Gasteiger partial charge is 0.253 e. The molecule has 0 saturated carbocycles. The molecular weight excluding hydrogens is 214 g/mol. The zero-order chi connectivity index (χ0) is 11.8. The van der Waals surface area contributed by atoms with E-state index in [1.807, 2.05) is 29.7 Å². The Morgan fingerprint density at radius 3 is 2.65 bits per heavy atom. The van der Waals surface area contributed by atoms with E-state index in [0.717, 1.165) is 22.6 Å². The predicted octanol–water partition coefficient (Wildman–Crippen LogP) is 2.14. The van der Waals surface area contributed by atoms with Crippen LogP contribution in [0.4, 0.5) is 0 Å². The fraction of sp³-hybridized carbons (Fsp3) is 0.0769. The Labute approximate surface area is 98.2 Å². The molecule has 0 bridgehead atoms. The lowest BCUT2D eigenvalue weighted by Crippen LogP contribution is -1.97. The molecule has 0 saturated heterocycles. The van der Waals surface area contributed by atoms with Crippen LogP contribution in [-0.4, -0.2) is 19.5 Å². The monoisotopic (exact) mass is 226 g/mol. The minimum Gasteiger partial charge on any atom is -0.593 e. The summed E-state index contributed by atoms with van der Waals surface area (Å²) in [6.45, 7) is 1.98. The Kier molecular flexibility index (Phi) is 2.08. The van der Waals surface area contributed by atoms with Gasteiger partial charge in [0, 0.05) is 30.1 Å². The minimum absolute atomic E-state index is 0.511. The maximum atomic E-state index is 7.51. The van der Waals surface area contributed by atoms with Gasteiger partial charge >= 0.3 is 0 Å². The second-order valence-electron chi connectivity index (χ2n) is 3.93. The van der Waals surface area contributed by atoms with Crippen LogP contribution in [0.3, 0.4) is 0 Å². The highest BCUT2D eigenvalue weighted by atomic mass is 16.3. The molecule has 84 valence electrons. The van der Waals surface area contributed by atoms with Gasteiger partial charge in [0.2, 0.25) is 0 Å².